The molecule has 0 aliphatic carbocycles. The van der Waals surface area contributed by atoms with Crippen LogP contribution in [0.4, 0.5) is 4.39 Å². The molecule has 19 heavy (non-hydrogen) atoms. The number of aromatic amines is 1. The van der Waals surface area contributed by atoms with E-state index in [9.17, 15) is 9.18 Å². The Morgan fingerprint density at radius 2 is 2.00 bits per heavy atom. The van der Waals surface area contributed by atoms with Gasteiger partial charge in [-0.25, -0.2) is 9.18 Å². The molecule has 3 rings (SSSR count). The molecular formula is C14H9FN2O2. The second kappa shape index (κ2) is 4.20. The number of aromatic nitrogens is 2. The van der Waals surface area contributed by atoms with Gasteiger partial charge in [-0.1, -0.05) is 24.3 Å². The number of H-pyrrole nitrogens is 1. The molecule has 0 saturated carbocycles. The maximum atomic E-state index is 13.2. The Morgan fingerprint density at radius 1 is 1.21 bits per heavy atom. The minimum Gasteiger partial charge on any atom is -0.478 e. The maximum absolute atomic E-state index is 13.2. The summed E-state index contributed by atoms with van der Waals surface area (Å²) in [5.74, 6) is -1.39. The predicted molar refractivity (Wildman–Crippen MR) is 68.4 cm³/mol. The molecule has 3 aromatic rings. The molecule has 0 amide bonds. The number of benzene rings is 2. The van der Waals surface area contributed by atoms with Gasteiger partial charge in [0.25, 0.3) is 0 Å². The van der Waals surface area contributed by atoms with Gasteiger partial charge in [-0.3, -0.25) is 5.10 Å². The molecule has 0 radical (unpaired) electrons. The number of carbonyl (C=O) groups is 1. The molecule has 1 aromatic heterocycles. The van der Waals surface area contributed by atoms with E-state index < -0.39 is 5.97 Å². The third kappa shape index (κ3) is 1.85. The van der Waals surface area contributed by atoms with Crippen molar-refractivity contribution in [1.29, 1.82) is 0 Å². The zero-order valence-electron chi connectivity index (χ0n) is 9.72. The average Bonchev–Trinajstić information content (AvgIpc) is 2.82. The van der Waals surface area contributed by atoms with E-state index in [2.05, 4.69) is 10.2 Å². The van der Waals surface area contributed by atoms with Gasteiger partial charge in [0.1, 0.15) is 11.5 Å². The van der Waals surface area contributed by atoms with Crippen LogP contribution in [-0.4, -0.2) is 21.3 Å². The van der Waals surface area contributed by atoms with Crippen LogP contribution >= 0.6 is 0 Å². The number of rotatable bonds is 2. The molecule has 0 atom stereocenters. The average molecular weight is 256 g/mol. The summed E-state index contributed by atoms with van der Waals surface area (Å²) in [5, 5.41) is 16.6. The van der Waals surface area contributed by atoms with E-state index in [1.807, 2.05) is 0 Å². The fourth-order valence-corrected chi connectivity index (χ4v) is 2.08. The minimum absolute atomic E-state index is 0.146. The molecule has 94 valence electrons. The van der Waals surface area contributed by atoms with Crippen LogP contribution in [0.15, 0.2) is 42.5 Å². The topological polar surface area (TPSA) is 66.0 Å². The van der Waals surface area contributed by atoms with E-state index in [4.69, 9.17) is 5.11 Å². The highest BCUT2D eigenvalue weighted by Crippen LogP contribution is 2.28. The van der Waals surface area contributed by atoms with E-state index >= 15 is 0 Å². The number of nitrogens with one attached hydrogen (secondary N) is 1. The van der Waals surface area contributed by atoms with Crippen molar-refractivity contribution in [2.24, 2.45) is 0 Å². The SMILES string of the molecule is O=C(O)c1cccc2c(-c3cccc(F)c3)n[nH]c12. The number of aromatic carboxylic acids is 1. The quantitative estimate of drug-likeness (QED) is 0.740. The van der Waals surface area contributed by atoms with Gasteiger partial charge < -0.3 is 5.11 Å². The highest BCUT2D eigenvalue weighted by Gasteiger charge is 2.14. The van der Waals surface area contributed by atoms with E-state index in [1.54, 1.807) is 24.3 Å². The van der Waals surface area contributed by atoms with Crippen molar-refractivity contribution in [1.82, 2.24) is 10.2 Å². The molecule has 0 spiro atoms. The van der Waals surface area contributed by atoms with Gasteiger partial charge >= 0.3 is 5.97 Å². The number of hydrogen-bond donors (Lipinski definition) is 2. The Labute approximate surface area is 107 Å². The van der Waals surface area contributed by atoms with Gasteiger partial charge in [0.15, 0.2) is 0 Å². The number of carboxylic acids is 1. The lowest BCUT2D eigenvalue weighted by atomic mass is 10.1. The second-order valence-corrected chi connectivity index (χ2v) is 4.12. The fourth-order valence-electron chi connectivity index (χ4n) is 2.08. The lowest BCUT2D eigenvalue weighted by molar-refractivity contribution is 0.0699. The second-order valence-electron chi connectivity index (χ2n) is 4.12. The molecule has 4 nitrogen and oxygen atoms in total. The van der Waals surface area contributed by atoms with E-state index in [-0.39, 0.29) is 11.4 Å². The van der Waals surface area contributed by atoms with Gasteiger partial charge in [-0.05, 0) is 18.2 Å². The Bertz CT molecular complexity index is 780. The first kappa shape index (κ1) is 11.4. The van der Waals surface area contributed by atoms with Crippen molar-refractivity contribution in [3.05, 3.63) is 53.8 Å². The van der Waals surface area contributed by atoms with Crippen LogP contribution in [0, 0.1) is 5.82 Å². The third-order valence-electron chi connectivity index (χ3n) is 2.93. The minimum atomic E-state index is -1.03. The zero-order chi connectivity index (χ0) is 13.4. The molecule has 2 aromatic carbocycles. The first-order chi connectivity index (χ1) is 9.16. The van der Waals surface area contributed by atoms with E-state index in [1.165, 1.54) is 18.2 Å². The molecule has 0 aliphatic heterocycles. The van der Waals surface area contributed by atoms with Crippen LogP contribution in [0.5, 0.6) is 0 Å². The number of nitrogens with zero attached hydrogens (tertiary/aromatic N) is 1. The smallest absolute Gasteiger partial charge is 0.337 e. The largest absolute Gasteiger partial charge is 0.478 e. The molecule has 0 fully saturated rings. The summed E-state index contributed by atoms with van der Waals surface area (Å²) >= 11 is 0. The van der Waals surface area contributed by atoms with Crippen molar-refractivity contribution in [2.75, 3.05) is 0 Å². The zero-order valence-corrected chi connectivity index (χ0v) is 9.72. The molecule has 1 heterocycles. The first-order valence-corrected chi connectivity index (χ1v) is 5.63. The van der Waals surface area contributed by atoms with E-state index in [0.717, 1.165) is 0 Å². The summed E-state index contributed by atoms with van der Waals surface area (Å²) in [7, 11) is 0. The van der Waals surface area contributed by atoms with Crippen molar-refractivity contribution < 1.29 is 14.3 Å². The first-order valence-electron chi connectivity index (χ1n) is 5.63. The molecule has 0 aliphatic rings. The molecule has 0 bridgehead atoms. The number of halogens is 1. The van der Waals surface area contributed by atoms with Crippen LogP contribution in [0.1, 0.15) is 10.4 Å². The number of fused-ring (bicyclic) bond motifs is 1. The Balaban J connectivity index is 2.27. The lowest BCUT2D eigenvalue weighted by Gasteiger charge is -1.99. The molecule has 0 saturated heterocycles. The summed E-state index contributed by atoms with van der Waals surface area (Å²) in [5.41, 5.74) is 1.73. The van der Waals surface area contributed by atoms with Crippen LogP contribution < -0.4 is 0 Å². The van der Waals surface area contributed by atoms with Crippen molar-refractivity contribution in [3.8, 4) is 11.3 Å². The number of carboxylic acid groups (broad SMARTS) is 1. The summed E-state index contributed by atoms with van der Waals surface area (Å²) in [6.45, 7) is 0. The monoisotopic (exact) mass is 256 g/mol. The third-order valence-corrected chi connectivity index (χ3v) is 2.93. The van der Waals surface area contributed by atoms with Crippen LogP contribution in [0.3, 0.4) is 0 Å². The summed E-state index contributed by atoms with van der Waals surface area (Å²) in [6.07, 6.45) is 0. The Morgan fingerprint density at radius 3 is 2.74 bits per heavy atom. The summed E-state index contributed by atoms with van der Waals surface area (Å²) in [4.78, 5) is 11.1. The fraction of sp³-hybridized carbons (Fsp3) is 0. The van der Waals surface area contributed by atoms with Gasteiger partial charge in [-0.15, -0.1) is 0 Å². The van der Waals surface area contributed by atoms with Crippen molar-refractivity contribution >= 4 is 16.9 Å². The van der Waals surface area contributed by atoms with Crippen LogP contribution in [-0.2, 0) is 0 Å². The maximum Gasteiger partial charge on any atom is 0.337 e. The highest BCUT2D eigenvalue weighted by atomic mass is 19.1. The lowest BCUT2D eigenvalue weighted by Crippen LogP contribution is -1.96. The van der Waals surface area contributed by atoms with Crippen LogP contribution in [0.2, 0.25) is 0 Å². The van der Waals surface area contributed by atoms with E-state index in [0.29, 0.717) is 22.2 Å². The predicted octanol–water partition coefficient (Wildman–Crippen LogP) is 3.07. The van der Waals surface area contributed by atoms with Gasteiger partial charge in [0.05, 0.1) is 11.1 Å². The number of hydrogen-bond acceptors (Lipinski definition) is 2. The molecule has 0 unspecified atom stereocenters. The van der Waals surface area contributed by atoms with Crippen LogP contribution in [0.25, 0.3) is 22.2 Å². The molecule has 2 N–H and O–H groups in total. The number of para-hydroxylation sites is 1. The van der Waals surface area contributed by atoms with Gasteiger partial charge in [-0.2, -0.15) is 5.10 Å². The normalized spacial score (nSPS) is 10.8. The van der Waals surface area contributed by atoms with Gasteiger partial charge in [0.2, 0.25) is 0 Å². The Hall–Kier alpha value is -2.69. The molecule has 5 heteroatoms. The standard InChI is InChI=1S/C14H9FN2O2/c15-9-4-1-3-8(7-9)12-10-5-2-6-11(14(18)19)13(10)17-16-12/h1-7H,(H,16,17)(H,18,19). The Kier molecular flexibility index (Phi) is 2.52. The van der Waals surface area contributed by atoms with Crippen molar-refractivity contribution in [3.63, 3.8) is 0 Å². The summed E-state index contributed by atoms with van der Waals surface area (Å²) < 4.78 is 13.2. The highest BCUT2D eigenvalue weighted by molar-refractivity contribution is 6.05. The molecular weight excluding hydrogens is 247 g/mol. The van der Waals surface area contributed by atoms with Crippen molar-refractivity contribution in [2.45, 2.75) is 0 Å². The van der Waals surface area contributed by atoms with Gasteiger partial charge in [0, 0.05) is 10.9 Å². The summed E-state index contributed by atoms with van der Waals surface area (Å²) in [6, 6.07) is 10.9.